The maximum absolute atomic E-state index is 5.68. The van der Waals surface area contributed by atoms with Gasteiger partial charge in [-0.25, -0.2) is 0 Å². The van der Waals surface area contributed by atoms with E-state index in [0.717, 1.165) is 5.75 Å². The number of hydrogen-bond donors (Lipinski definition) is 1. The summed E-state index contributed by atoms with van der Waals surface area (Å²) in [4.78, 5) is 2.08. The predicted octanol–water partition coefficient (Wildman–Crippen LogP) is 1.82. The van der Waals surface area contributed by atoms with Crippen molar-refractivity contribution in [1.29, 1.82) is 0 Å². The minimum absolute atomic E-state index is 0.319. The monoisotopic (exact) mass is 208 g/mol. The Kier molecular flexibility index (Phi) is 3.97. The number of nitrogens with zero attached hydrogens (tertiary/aromatic N) is 1. The van der Waals surface area contributed by atoms with Crippen LogP contribution in [0.2, 0.25) is 0 Å². The molecule has 0 radical (unpaired) electrons. The quantitative estimate of drug-likeness (QED) is 0.820. The highest BCUT2D eigenvalue weighted by molar-refractivity contribution is 5.53. The van der Waals surface area contributed by atoms with Gasteiger partial charge in [0.15, 0.2) is 0 Å². The fraction of sp³-hybridized carbons (Fsp3) is 0.500. The van der Waals surface area contributed by atoms with E-state index in [1.807, 2.05) is 26.2 Å². The zero-order chi connectivity index (χ0) is 11.4. The lowest BCUT2D eigenvalue weighted by Crippen LogP contribution is -2.13. The third-order valence-electron chi connectivity index (χ3n) is 2.61. The Labute approximate surface area is 91.8 Å². The Morgan fingerprint density at radius 1 is 1.40 bits per heavy atom. The molecule has 0 aliphatic rings. The second-order valence-electron chi connectivity index (χ2n) is 3.96. The molecule has 2 N–H and O–H groups in total. The summed E-state index contributed by atoms with van der Waals surface area (Å²) in [6.45, 7) is 2.74. The van der Waals surface area contributed by atoms with E-state index < -0.39 is 0 Å². The Hall–Kier alpha value is -1.22. The van der Waals surface area contributed by atoms with E-state index in [9.17, 15) is 0 Å². The van der Waals surface area contributed by atoms with Crippen molar-refractivity contribution in [3.63, 3.8) is 0 Å². The van der Waals surface area contributed by atoms with E-state index in [-0.39, 0.29) is 0 Å². The average molecular weight is 208 g/mol. The maximum atomic E-state index is 5.68. The van der Waals surface area contributed by atoms with E-state index in [2.05, 4.69) is 17.9 Å². The van der Waals surface area contributed by atoms with Crippen molar-refractivity contribution in [3.05, 3.63) is 23.8 Å². The first-order chi connectivity index (χ1) is 7.10. The second kappa shape index (κ2) is 5.03. The van der Waals surface area contributed by atoms with Crippen molar-refractivity contribution in [2.45, 2.75) is 12.8 Å². The van der Waals surface area contributed by atoms with Crippen LogP contribution < -0.4 is 15.4 Å². The molecule has 0 saturated heterocycles. The Bertz CT molecular complexity index is 323. The SMILES string of the molecule is COc1ccc(N(C)C)cc1C(C)CN. The number of ether oxygens (including phenoxy) is 1. The minimum atomic E-state index is 0.319. The zero-order valence-corrected chi connectivity index (χ0v) is 9.95. The normalized spacial score (nSPS) is 12.3. The second-order valence-corrected chi connectivity index (χ2v) is 3.96. The first-order valence-corrected chi connectivity index (χ1v) is 5.15. The van der Waals surface area contributed by atoms with Crippen LogP contribution in [-0.4, -0.2) is 27.7 Å². The molecule has 0 heterocycles. The van der Waals surface area contributed by atoms with Crippen LogP contribution in [0.15, 0.2) is 18.2 Å². The number of nitrogens with two attached hydrogens (primary N) is 1. The summed E-state index contributed by atoms with van der Waals surface area (Å²) < 4.78 is 5.33. The Morgan fingerprint density at radius 3 is 2.53 bits per heavy atom. The summed E-state index contributed by atoms with van der Waals surface area (Å²) in [6.07, 6.45) is 0. The Morgan fingerprint density at radius 2 is 2.07 bits per heavy atom. The van der Waals surface area contributed by atoms with Crippen molar-refractivity contribution in [2.24, 2.45) is 5.73 Å². The molecule has 1 unspecified atom stereocenters. The van der Waals surface area contributed by atoms with Crippen molar-refractivity contribution in [3.8, 4) is 5.75 Å². The maximum Gasteiger partial charge on any atom is 0.122 e. The van der Waals surface area contributed by atoms with Gasteiger partial charge in [0.05, 0.1) is 7.11 Å². The van der Waals surface area contributed by atoms with Crippen molar-refractivity contribution in [1.82, 2.24) is 0 Å². The van der Waals surface area contributed by atoms with Gasteiger partial charge in [0, 0.05) is 25.3 Å². The fourth-order valence-corrected chi connectivity index (χ4v) is 1.51. The summed E-state index contributed by atoms with van der Waals surface area (Å²) in [6, 6.07) is 6.18. The van der Waals surface area contributed by atoms with Crippen LogP contribution in [0.4, 0.5) is 5.69 Å². The molecule has 0 fully saturated rings. The van der Waals surface area contributed by atoms with Crippen LogP contribution in [0.1, 0.15) is 18.4 Å². The van der Waals surface area contributed by atoms with Gasteiger partial charge in [0.25, 0.3) is 0 Å². The number of hydrogen-bond acceptors (Lipinski definition) is 3. The van der Waals surface area contributed by atoms with Gasteiger partial charge in [-0.1, -0.05) is 6.92 Å². The molecule has 1 aromatic carbocycles. The first-order valence-electron chi connectivity index (χ1n) is 5.15. The van der Waals surface area contributed by atoms with Gasteiger partial charge in [-0.3, -0.25) is 0 Å². The predicted molar refractivity (Wildman–Crippen MR) is 64.8 cm³/mol. The van der Waals surface area contributed by atoms with Crippen LogP contribution in [-0.2, 0) is 0 Å². The molecule has 0 aliphatic carbocycles. The molecule has 0 saturated carbocycles. The molecule has 0 aromatic heterocycles. The molecule has 1 rings (SSSR count). The molecule has 0 bridgehead atoms. The summed E-state index contributed by atoms with van der Waals surface area (Å²) in [5.74, 6) is 1.23. The molecule has 84 valence electrons. The van der Waals surface area contributed by atoms with Gasteiger partial charge in [-0.05, 0) is 30.7 Å². The standard InChI is InChI=1S/C12H20N2O/c1-9(8-13)11-7-10(14(2)3)5-6-12(11)15-4/h5-7,9H,8,13H2,1-4H3. The summed E-state index contributed by atoms with van der Waals surface area (Å²) >= 11 is 0. The number of benzene rings is 1. The largest absolute Gasteiger partial charge is 0.496 e. The number of anilines is 1. The lowest BCUT2D eigenvalue weighted by molar-refractivity contribution is 0.407. The van der Waals surface area contributed by atoms with E-state index in [0.29, 0.717) is 12.5 Å². The van der Waals surface area contributed by atoms with Crippen molar-refractivity contribution in [2.75, 3.05) is 32.6 Å². The smallest absolute Gasteiger partial charge is 0.122 e. The van der Waals surface area contributed by atoms with Crippen LogP contribution in [0, 0.1) is 0 Å². The highest BCUT2D eigenvalue weighted by Crippen LogP contribution is 2.29. The Balaban J connectivity index is 3.13. The third-order valence-corrected chi connectivity index (χ3v) is 2.61. The molecule has 15 heavy (non-hydrogen) atoms. The molecular weight excluding hydrogens is 188 g/mol. The van der Waals surface area contributed by atoms with Gasteiger partial charge in [0.2, 0.25) is 0 Å². The average Bonchev–Trinajstić information content (AvgIpc) is 2.27. The molecule has 3 heteroatoms. The summed E-state index contributed by atoms with van der Waals surface area (Å²) in [5.41, 5.74) is 8.03. The number of rotatable bonds is 4. The third kappa shape index (κ3) is 2.63. The van der Waals surface area contributed by atoms with E-state index in [4.69, 9.17) is 10.5 Å². The van der Waals surface area contributed by atoms with Gasteiger partial charge in [-0.2, -0.15) is 0 Å². The van der Waals surface area contributed by atoms with Crippen LogP contribution >= 0.6 is 0 Å². The van der Waals surface area contributed by atoms with Crippen LogP contribution in [0.25, 0.3) is 0 Å². The van der Waals surface area contributed by atoms with E-state index >= 15 is 0 Å². The topological polar surface area (TPSA) is 38.5 Å². The van der Waals surface area contributed by atoms with E-state index in [1.54, 1.807) is 7.11 Å². The van der Waals surface area contributed by atoms with Crippen molar-refractivity contribution >= 4 is 5.69 Å². The molecular formula is C12H20N2O. The summed E-state index contributed by atoms with van der Waals surface area (Å²) in [7, 11) is 5.74. The highest BCUT2D eigenvalue weighted by Gasteiger charge is 2.11. The van der Waals surface area contributed by atoms with Crippen LogP contribution in [0.5, 0.6) is 5.75 Å². The molecule has 0 amide bonds. The molecule has 0 aliphatic heterocycles. The zero-order valence-electron chi connectivity index (χ0n) is 9.95. The molecule has 1 aromatic rings. The van der Waals surface area contributed by atoms with Crippen LogP contribution in [0.3, 0.4) is 0 Å². The van der Waals surface area contributed by atoms with Gasteiger partial charge in [-0.15, -0.1) is 0 Å². The van der Waals surface area contributed by atoms with Gasteiger partial charge in [0.1, 0.15) is 5.75 Å². The van der Waals surface area contributed by atoms with Gasteiger partial charge < -0.3 is 15.4 Å². The van der Waals surface area contributed by atoms with Crippen molar-refractivity contribution < 1.29 is 4.74 Å². The minimum Gasteiger partial charge on any atom is -0.496 e. The lowest BCUT2D eigenvalue weighted by Gasteiger charge is -2.18. The first kappa shape index (κ1) is 11.9. The highest BCUT2D eigenvalue weighted by atomic mass is 16.5. The molecule has 1 atom stereocenters. The number of methoxy groups -OCH3 is 1. The van der Waals surface area contributed by atoms with E-state index in [1.165, 1.54) is 11.3 Å². The van der Waals surface area contributed by atoms with Gasteiger partial charge >= 0.3 is 0 Å². The molecule has 3 nitrogen and oxygen atoms in total. The fourth-order valence-electron chi connectivity index (χ4n) is 1.51. The molecule has 0 spiro atoms. The lowest BCUT2D eigenvalue weighted by atomic mass is 9.99. The summed E-state index contributed by atoms with van der Waals surface area (Å²) in [5, 5.41) is 0.